The SMILES string of the molecule is Cc1ccc(C(S)[C@H]2CCCC[C@@H]2C(=O)NCC#N)cc1. The van der Waals surface area contributed by atoms with Gasteiger partial charge >= 0.3 is 0 Å². The molecule has 1 unspecified atom stereocenters. The first-order valence-electron chi connectivity index (χ1n) is 7.52. The van der Waals surface area contributed by atoms with Gasteiger partial charge in [0.05, 0.1) is 6.07 Å². The Morgan fingerprint density at radius 3 is 2.71 bits per heavy atom. The Hall–Kier alpha value is -1.47. The van der Waals surface area contributed by atoms with E-state index in [0.29, 0.717) is 0 Å². The number of benzene rings is 1. The highest BCUT2D eigenvalue weighted by molar-refractivity contribution is 7.80. The molecular weight excluding hydrogens is 280 g/mol. The summed E-state index contributed by atoms with van der Waals surface area (Å²) in [5.74, 6) is 0.215. The zero-order valence-corrected chi connectivity index (χ0v) is 13.3. The lowest BCUT2D eigenvalue weighted by atomic mass is 9.75. The number of nitrogens with zero attached hydrogens (tertiary/aromatic N) is 1. The Morgan fingerprint density at radius 2 is 2.05 bits per heavy atom. The highest BCUT2D eigenvalue weighted by atomic mass is 32.1. The van der Waals surface area contributed by atoms with E-state index in [4.69, 9.17) is 17.9 Å². The lowest BCUT2D eigenvalue weighted by Gasteiger charge is -2.34. The van der Waals surface area contributed by atoms with Gasteiger partial charge in [0.25, 0.3) is 0 Å². The van der Waals surface area contributed by atoms with Crippen molar-refractivity contribution in [2.75, 3.05) is 6.54 Å². The average molecular weight is 302 g/mol. The lowest BCUT2D eigenvalue weighted by molar-refractivity contribution is -0.127. The van der Waals surface area contributed by atoms with Crippen molar-refractivity contribution in [1.29, 1.82) is 5.26 Å². The number of hydrogen-bond donors (Lipinski definition) is 2. The Labute approximate surface area is 132 Å². The molecule has 1 aromatic rings. The van der Waals surface area contributed by atoms with Crippen LogP contribution in [0, 0.1) is 30.1 Å². The van der Waals surface area contributed by atoms with Crippen LogP contribution in [-0.4, -0.2) is 12.5 Å². The van der Waals surface area contributed by atoms with Crippen LogP contribution in [0.3, 0.4) is 0 Å². The number of carbonyl (C=O) groups excluding carboxylic acids is 1. The van der Waals surface area contributed by atoms with Crippen LogP contribution >= 0.6 is 12.6 Å². The molecule has 0 radical (unpaired) electrons. The number of nitrogens with one attached hydrogen (secondary N) is 1. The van der Waals surface area contributed by atoms with Crippen molar-refractivity contribution in [3.8, 4) is 6.07 Å². The molecule has 3 atom stereocenters. The van der Waals surface area contributed by atoms with Gasteiger partial charge in [-0.25, -0.2) is 0 Å². The maximum absolute atomic E-state index is 12.3. The van der Waals surface area contributed by atoms with E-state index in [0.717, 1.165) is 25.7 Å². The molecule has 1 aliphatic rings. The number of rotatable bonds is 4. The predicted molar refractivity (Wildman–Crippen MR) is 87.0 cm³/mol. The van der Waals surface area contributed by atoms with Gasteiger partial charge in [-0.3, -0.25) is 4.79 Å². The smallest absolute Gasteiger partial charge is 0.224 e. The van der Waals surface area contributed by atoms with Gasteiger partial charge in [-0.2, -0.15) is 17.9 Å². The normalized spacial score (nSPS) is 23.1. The Kier molecular flexibility index (Phi) is 5.69. The summed E-state index contributed by atoms with van der Waals surface area (Å²) < 4.78 is 0. The quantitative estimate of drug-likeness (QED) is 0.661. The highest BCUT2D eigenvalue weighted by Gasteiger charge is 2.35. The molecule has 1 aromatic carbocycles. The fourth-order valence-corrected chi connectivity index (χ4v) is 3.66. The molecule has 0 aliphatic heterocycles. The summed E-state index contributed by atoms with van der Waals surface area (Å²) in [6.45, 7) is 2.15. The Balaban J connectivity index is 2.12. The monoisotopic (exact) mass is 302 g/mol. The van der Waals surface area contributed by atoms with Crippen molar-refractivity contribution in [3.63, 3.8) is 0 Å². The van der Waals surface area contributed by atoms with Crippen molar-refractivity contribution in [3.05, 3.63) is 35.4 Å². The summed E-state index contributed by atoms with van der Waals surface area (Å²) in [5, 5.41) is 11.4. The molecule has 1 saturated carbocycles. The van der Waals surface area contributed by atoms with Gasteiger partial charge in [0, 0.05) is 11.2 Å². The number of nitriles is 1. The molecule has 1 fully saturated rings. The minimum atomic E-state index is -0.0316. The van der Waals surface area contributed by atoms with E-state index in [-0.39, 0.29) is 29.5 Å². The van der Waals surface area contributed by atoms with E-state index < -0.39 is 0 Å². The van der Waals surface area contributed by atoms with Crippen LogP contribution in [0.4, 0.5) is 0 Å². The van der Waals surface area contributed by atoms with Crippen LogP contribution in [0.1, 0.15) is 42.1 Å². The minimum Gasteiger partial charge on any atom is -0.343 e. The molecule has 0 bridgehead atoms. The molecular formula is C17H22N2OS. The summed E-state index contributed by atoms with van der Waals surface area (Å²) in [6, 6.07) is 10.4. The molecule has 2 rings (SSSR count). The van der Waals surface area contributed by atoms with Crippen molar-refractivity contribution in [2.45, 2.75) is 37.9 Å². The predicted octanol–water partition coefficient (Wildman–Crippen LogP) is 3.41. The summed E-state index contributed by atoms with van der Waals surface area (Å²) in [6.07, 6.45) is 4.14. The second-order valence-electron chi connectivity index (χ2n) is 5.79. The maximum atomic E-state index is 12.3. The largest absolute Gasteiger partial charge is 0.343 e. The van der Waals surface area contributed by atoms with E-state index in [1.165, 1.54) is 11.1 Å². The average Bonchev–Trinajstić information content (AvgIpc) is 2.52. The van der Waals surface area contributed by atoms with Gasteiger partial charge in [0.1, 0.15) is 6.54 Å². The molecule has 0 saturated heterocycles. The van der Waals surface area contributed by atoms with Crippen LogP contribution in [0.15, 0.2) is 24.3 Å². The third-order valence-electron chi connectivity index (χ3n) is 4.32. The molecule has 1 N–H and O–H groups in total. The zero-order chi connectivity index (χ0) is 15.2. The summed E-state index contributed by atoms with van der Waals surface area (Å²) in [4.78, 5) is 12.3. The number of thiol groups is 1. The third-order valence-corrected chi connectivity index (χ3v) is 5.00. The van der Waals surface area contributed by atoms with Gasteiger partial charge in [-0.15, -0.1) is 0 Å². The first-order valence-corrected chi connectivity index (χ1v) is 8.04. The fourth-order valence-electron chi connectivity index (χ4n) is 3.13. The van der Waals surface area contributed by atoms with Crippen molar-refractivity contribution < 1.29 is 4.79 Å². The molecule has 0 aromatic heterocycles. The molecule has 1 amide bonds. The first kappa shape index (κ1) is 15.9. The van der Waals surface area contributed by atoms with Gasteiger partial charge in [-0.05, 0) is 31.2 Å². The summed E-state index contributed by atoms with van der Waals surface area (Å²) in [5.41, 5.74) is 2.40. The van der Waals surface area contributed by atoms with E-state index in [1.54, 1.807) is 0 Å². The van der Waals surface area contributed by atoms with Crippen LogP contribution in [0.5, 0.6) is 0 Å². The van der Waals surface area contributed by atoms with Crippen molar-refractivity contribution in [1.82, 2.24) is 5.32 Å². The maximum Gasteiger partial charge on any atom is 0.224 e. The second kappa shape index (κ2) is 7.51. The lowest BCUT2D eigenvalue weighted by Crippen LogP contribution is -2.38. The third kappa shape index (κ3) is 4.01. The van der Waals surface area contributed by atoms with Gasteiger partial charge in [0.15, 0.2) is 0 Å². The van der Waals surface area contributed by atoms with Gasteiger partial charge in [-0.1, -0.05) is 42.7 Å². The number of carbonyl (C=O) groups is 1. The molecule has 3 nitrogen and oxygen atoms in total. The molecule has 112 valence electrons. The minimum absolute atomic E-state index is 0.00686. The molecule has 1 aliphatic carbocycles. The van der Waals surface area contributed by atoms with E-state index in [9.17, 15) is 4.79 Å². The second-order valence-corrected chi connectivity index (χ2v) is 6.34. The van der Waals surface area contributed by atoms with Gasteiger partial charge < -0.3 is 5.32 Å². The first-order chi connectivity index (χ1) is 10.1. The van der Waals surface area contributed by atoms with Gasteiger partial charge in [0.2, 0.25) is 5.91 Å². The Morgan fingerprint density at radius 1 is 1.38 bits per heavy atom. The zero-order valence-electron chi connectivity index (χ0n) is 12.4. The summed E-state index contributed by atoms with van der Waals surface area (Å²) in [7, 11) is 0. The van der Waals surface area contributed by atoms with Crippen LogP contribution in [-0.2, 0) is 4.79 Å². The van der Waals surface area contributed by atoms with E-state index in [1.807, 2.05) is 6.07 Å². The summed E-state index contributed by atoms with van der Waals surface area (Å²) >= 11 is 4.80. The molecule has 4 heteroatoms. The standard InChI is InChI=1S/C17H22N2OS/c1-12-6-8-13(9-7-12)16(21)14-4-2-3-5-15(14)17(20)19-11-10-18/h6-9,14-16,21H,2-5,11H2,1H3,(H,19,20)/t14-,15-,16?/m0/s1. The number of hydrogen-bond acceptors (Lipinski definition) is 3. The van der Waals surface area contributed by atoms with E-state index >= 15 is 0 Å². The topological polar surface area (TPSA) is 52.9 Å². The van der Waals surface area contributed by atoms with E-state index in [2.05, 4.69) is 36.5 Å². The van der Waals surface area contributed by atoms with Crippen molar-refractivity contribution in [2.24, 2.45) is 11.8 Å². The van der Waals surface area contributed by atoms with Crippen molar-refractivity contribution >= 4 is 18.5 Å². The molecule has 0 heterocycles. The fraction of sp³-hybridized carbons (Fsp3) is 0.529. The highest BCUT2D eigenvalue weighted by Crippen LogP contribution is 2.42. The van der Waals surface area contributed by atoms with Crippen LogP contribution in [0.25, 0.3) is 0 Å². The molecule has 0 spiro atoms. The Bertz CT molecular complexity index is 521. The number of aryl methyl sites for hydroxylation is 1. The van der Waals surface area contributed by atoms with Crippen LogP contribution in [0.2, 0.25) is 0 Å². The van der Waals surface area contributed by atoms with Crippen LogP contribution < -0.4 is 5.32 Å². The molecule has 21 heavy (non-hydrogen) atoms. The number of amides is 1.